The summed E-state index contributed by atoms with van der Waals surface area (Å²) in [5, 5.41) is 4.35. The first-order valence-electron chi connectivity index (χ1n) is 6.32. The van der Waals surface area contributed by atoms with E-state index < -0.39 is 0 Å². The van der Waals surface area contributed by atoms with Crippen LogP contribution >= 0.6 is 0 Å². The lowest BCUT2D eigenvalue weighted by Crippen LogP contribution is -2.15. The zero-order chi connectivity index (χ0) is 14.0. The van der Waals surface area contributed by atoms with Crippen LogP contribution in [-0.4, -0.2) is 15.7 Å². The molecule has 0 aliphatic carbocycles. The van der Waals surface area contributed by atoms with Gasteiger partial charge in [0.05, 0.1) is 5.69 Å². The van der Waals surface area contributed by atoms with Crippen LogP contribution < -0.4 is 0 Å². The van der Waals surface area contributed by atoms with E-state index in [1.807, 2.05) is 51.1 Å². The van der Waals surface area contributed by atoms with Crippen LogP contribution in [0, 0.1) is 20.8 Å². The molecule has 2 rings (SSSR count). The standard InChI is InChI=1S/C16H18N2O/c1-5-7-15-12(3)17-18(13(15)4)16(19)14-9-6-8-11(2)10-14/h5-6,8-10H,1,7H2,2-4H3. The second-order valence-corrected chi connectivity index (χ2v) is 4.73. The molecule has 1 aromatic carbocycles. The van der Waals surface area contributed by atoms with Crippen LogP contribution in [0.3, 0.4) is 0 Å². The Labute approximate surface area is 113 Å². The first-order valence-corrected chi connectivity index (χ1v) is 6.32. The van der Waals surface area contributed by atoms with Crippen LogP contribution in [0.2, 0.25) is 0 Å². The number of carbonyl (C=O) groups excluding carboxylic acids is 1. The summed E-state index contributed by atoms with van der Waals surface area (Å²) in [5.41, 5.74) is 4.59. The molecule has 0 N–H and O–H groups in total. The van der Waals surface area contributed by atoms with Crippen molar-refractivity contribution < 1.29 is 4.79 Å². The van der Waals surface area contributed by atoms with Gasteiger partial charge in [-0.1, -0.05) is 23.8 Å². The first kappa shape index (κ1) is 13.3. The quantitative estimate of drug-likeness (QED) is 0.788. The molecule has 0 aliphatic heterocycles. The second kappa shape index (κ2) is 5.22. The summed E-state index contributed by atoms with van der Waals surface area (Å²) in [6, 6.07) is 7.56. The van der Waals surface area contributed by atoms with Crippen LogP contribution in [0.25, 0.3) is 0 Å². The minimum absolute atomic E-state index is 0.0837. The Kier molecular flexibility index (Phi) is 3.65. The minimum Gasteiger partial charge on any atom is -0.267 e. The van der Waals surface area contributed by atoms with Gasteiger partial charge in [-0.25, -0.2) is 4.68 Å². The number of aromatic nitrogens is 2. The highest BCUT2D eigenvalue weighted by Crippen LogP contribution is 2.16. The predicted octanol–water partition coefficient (Wildman–Crippen LogP) is 3.23. The summed E-state index contributed by atoms with van der Waals surface area (Å²) in [7, 11) is 0. The van der Waals surface area contributed by atoms with Crippen LogP contribution in [-0.2, 0) is 6.42 Å². The van der Waals surface area contributed by atoms with E-state index in [0.717, 1.165) is 28.9 Å². The minimum atomic E-state index is -0.0837. The predicted molar refractivity (Wildman–Crippen MR) is 76.5 cm³/mol. The molecule has 0 aliphatic rings. The molecule has 2 aromatic rings. The Balaban J connectivity index is 2.45. The molecule has 3 nitrogen and oxygen atoms in total. The molecule has 0 fully saturated rings. The number of hydrogen-bond acceptors (Lipinski definition) is 2. The van der Waals surface area contributed by atoms with Gasteiger partial charge in [0.2, 0.25) is 0 Å². The molecule has 0 saturated carbocycles. The smallest absolute Gasteiger partial charge is 0.267 e. The molecule has 0 atom stereocenters. The largest absolute Gasteiger partial charge is 0.278 e. The Morgan fingerprint density at radius 1 is 1.37 bits per heavy atom. The van der Waals surface area contributed by atoms with Gasteiger partial charge in [-0.15, -0.1) is 6.58 Å². The Hall–Kier alpha value is -2.16. The number of aryl methyl sites for hydroxylation is 2. The molecular weight excluding hydrogens is 236 g/mol. The van der Waals surface area contributed by atoms with Gasteiger partial charge >= 0.3 is 0 Å². The van der Waals surface area contributed by atoms with E-state index in [1.54, 1.807) is 0 Å². The monoisotopic (exact) mass is 254 g/mol. The van der Waals surface area contributed by atoms with E-state index in [1.165, 1.54) is 4.68 Å². The number of benzene rings is 1. The maximum absolute atomic E-state index is 12.5. The van der Waals surface area contributed by atoms with Crippen molar-refractivity contribution in [3.8, 4) is 0 Å². The summed E-state index contributed by atoms with van der Waals surface area (Å²) < 4.78 is 1.49. The summed E-state index contributed by atoms with van der Waals surface area (Å²) in [6.07, 6.45) is 2.57. The zero-order valence-electron chi connectivity index (χ0n) is 11.6. The number of nitrogens with zero attached hydrogens (tertiary/aromatic N) is 2. The van der Waals surface area contributed by atoms with Gasteiger partial charge in [0.15, 0.2) is 0 Å². The van der Waals surface area contributed by atoms with Gasteiger partial charge in [0.1, 0.15) is 0 Å². The molecule has 19 heavy (non-hydrogen) atoms. The third-order valence-electron chi connectivity index (χ3n) is 3.25. The molecular formula is C16H18N2O. The van der Waals surface area contributed by atoms with Crippen molar-refractivity contribution >= 4 is 5.91 Å². The molecule has 1 heterocycles. The van der Waals surface area contributed by atoms with Crippen molar-refractivity contribution in [2.75, 3.05) is 0 Å². The first-order chi connectivity index (χ1) is 9.04. The maximum atomic E-state index is 12.5. The van der Waals surface area contributed by atoms with Crippen LogP contribution in [0.4, 0.5) is 0 Å². The van der Waals surface area contributed by atoms with Crippen molar-refractivity contribution in [3.63, 3.8) is 0 Å². The Morgan fingerprint density at radius 3 is 2.74 bits per heavy atom. The SMILES string of the molecule is C=CCc1c(C)nn(C(=O)c2cccc(C)c2)c1C. The molecule has 0 spiro atoms. The van der Waals surface area contributed by atoms with E-state index >= 15 is 0 Å². The molecule has 0 saturated heterocycles. The Bertz CT molecular complexity index is 638. The molecule has 1 aromatic heterocycles. The molecule has 98 valence electrons. The van der Waals surface area contributed by atoms with Gasteiger partial charge in [0.25, 0.3) is 5.91 Å². The lowest BCUT2D eigenvalue weighted by Gasteiger charge is -2.04. The van der Waals surface area contributed by atoms with Gasteiger partial charge < -0.3 is 0 Å². The molecule has 0 amide bonds. The zero-order valence-corrected chi connectivity index (χ0v) is 11.6. The molecule has 0 radical (unpaired) electrons. The van der Waals surface area contributed by atoms with E-state index in [-0.39, 0.29) is 5.91 Å². The van der Waals surface area contributed by atoms with E-state index in [2.05, 4.69) is 11.7 Å². The lowest BCUT2D eigenvalue weighted by atomic mass is 10.1. The van der Waals surface area contributed by atoms with Crippen LogP contribution in [0.15, 0.2) is 36.9 Å². The second-order valence-electron chi connectivity index (χ2n) is 4.73. The molecule has 0 unspecified atom stereocenters. The number of hydrogen-bond donors (Lipinski definition) is 0. The maximum Gasteiger partial charge on any atom is 0.278 e. The van der Waals surface area contributed by atoms with Gasteiger partial charge in [-0.05, 0) is 39.3 Å². The summed E-state index contributed by atoms with van der Waals surface area (Å²) in [5.74, 6) is -0.0837. The van der Waals surface area contributed by atoms with Crippen molar-refractivity contribution in [2.24, 2.45) is 0 Å². The molecule has 3 heteroatoms. The summed E-state index contributed by atoms with van der Waals surface area (Å²) in [4.78, 5) is 12.5. The third kappa shape index (κ3) is 2.50. The number of rotatable bonds is 3. The van der Waals surface area contributed by atoms with E-state index in [4.69, 9.17) is 0 Å². The van der Waals surface area contributed by atoms with Gasteiger partial charge in [-0.2, -0.15) is 5.10 Å². The fraction of sp³-hybridized carbons (Fsp3) is 0.250. The average molecular weight is 254 g/mol. The van der Waals surface area contributed by atoms with Gasteiger partial charge in [-0.3, -0.25) is 4.79 Å². The van der Waals surface area contributed by atoms with E-state index in [0.29, 0.717) is 5.56 Å². The van der Waals surface area contributed by atoms with Crippen LogP contribution in [0.1, 0.15) is 32.9 Å². The fourth-order valence-electron chi connectivity index (χ4n) is 2.21. The highest BCUT2D eigenvalue weighted by molar-refractivity contribution is 5.96. The average Bonchev–Trinajstić information content (AvgIpc) is 2.66. The van der Waals surface area contributed by atoms with Crippen LogP contribution in [0.5, 0.6) is 0 Å². The third-order valence-corrected chi connectivity index (χ3v) is 3.25. The summed E-state index contributed by atoms with van der Waals surface area (Å²) in [6.45, 7) is 9.56. The van der Waals surface area contributed by atoms with Gasteiger partial charge in [0, 0.05) is 16.8 Å². The number of allylic oxidation sites excluding steroid dienone is 1. The topological polar surface area (TPSA) is 34.9 Å². The Morgan fingerprint density at radius 2 is 2.11 bits per heavy atom. The highest BCUT2D eigenvalue weighted by atomic mass is 16.2. The molecule has 0 bridgehead atoms. The van der Waals surface area contributed by atoms with E-state index in [9.17, 15) is 4.79 Å². The van der Waals surface area contributed by atoms with Crippen molar-refractivity contribution in [2.45, 2.75) is 27.2 Å². The lowest BCUT2D eigenvalue weighted by molar-refractivity contribution is 0.0942. The fourth-order valence-corrected chi connectivity index (χ4v) is 2.21. The van der Waals surface area contributed by atoms with Crippen molar-refractivity contribution in [1.29, 1.82) is 0 Å². The normalized spacial score (nSPS) is 10.5. The van der Waals surface area contributed by atoms with Crippen molar-refractivity contribution in [3.05, 3.63) is 65.0 Å². The highest BCUT2D eigenvalue weighted by Gasteiger charge is 2.16. The number of carbonyl (C=O) groups is 1. The van der Waals surface area contributed by atoms with Crippen molar-refractivity contribution in [1.82, 2.24) is 9.78 Å². The summed E-state index contributed by atoms with van der Waals surface area (Å²) >= 11 is 0.